The maximum atomic E-state index is 14.8. The molecule has 1 aliphatic rings. The van der Waals surface area contributed by atoms with Crippen LogP contribution in [0.5, 0.6) is 0 Å². The van der Waals surface area contributed by atoms with Crippen molar-refractivity contribution >= 4 is 40.0 Å². The lowest BCUT2D eigenvalue weighted by Gasteiger charge is -2.15. The number of hydrogen-bond acceptors (Lipinski definition) is 6. The second kappa shape index (κ2) is 8.10. The van der Waals surface area contributed by atoms with E-state index in [-0.39, 0.29) is 11.8 Å². The molecule has 3 N–H and O–H groups in total. The smallest absolute Gasteiger partial charge is 0.414 e. The minimum absolute atomic E-state index is 0.250. The Morgan fingerprint density at radius 3 is 2.97 bits per heavy atom. The minimum atomic E-state index is -0.528. The van der Waals surface area contributed by atoms with E-state index in [4.69, 9.17) is 22.7 Å². The molecule has 0 aliphatic carbocycles. The summed E-state index contributed by atoms with van der Waals surface area (Å²) in [6.07, 6.45) is -0.344. The highest BCUT2D eigenvalue weighted by Crippen LogP contribution is 2.26. The second-order valence-corrected chi connectivity index (χ2v) is 7.08. The Hall–Kier alpha value is -3.11. The van der Waals surface area contributed by atoms with Crippen LogP contribution >= 0.6 is 12.2 Å². The van der Waals surface area contributed by atoms with E-state index in [0.29, 0.717) is 47.8 Å². The van der Waals surface area contributed by atoms with E-state index in [9.17, 15) is 9.18 Å². The van der Waals surface area contributed by atoms with Crippen molar-refractivity contribution in [3.8, 4) is 5.69 Å². The standard InChI is InChI=1S/C19H19FN6O2S/c20-14-9-12(25-11-13(28-19(25)27)10-22-18(29)7-8-21)5-6-16(14)26-17-4-2-1-3-15(17)23-24-26/h1-6,9,13H,7-8,10-11,21H2,(H,22,29)/t13-/m0/s1. The van der Waals surface area contributed by atoms with E-state index >= 15 is 0 Å². The molecule has 1 fully saturated rings. The molecule has 3 aromatic rings. The number of halogens is 1. The third kappa shape index (κ3) is 3.89. The first-order valence-corrected chi connectivity index (χ1v) is 9.53. The zero-order chi connectivity index (χ0) is 20.4. The SMILES string of the molecule is NCCC(=S)NC[C@H]1CN(c2ccc(-n3nnc4ccccc43)c(F)c2)C(=O)O1. The normalized spacial score (nSPS) is 16.3. The van der Waals surface area contributed by atoms with Crippen molar-refractivity contribution in [3.63, 3.8) is 0 Å². The van der Waals surface area contributed by atoms with Crippen molar-refractivity contribution in [3.05, 3.63) is 48.3 Å². The first-order valence-electron chi connectivity index (χ1n) is 9.12. The van der Waals surface area contributed by atoms with Gasteiger partial charge in [0, 0.05) is 6.42 Å². The van der Waals surface area contributed by atoms with Gasteiger partial charge in [-0.25, -0.2) is 13.9 Å². The monoisotopic (exact) mass is 414 g/mol. The second-order valence-electron chi connectivity index (χ2n) is 6.58. The predicted octanol–water partition coefficient (Wildman–Crippen LogP) is 2.15. The molecule has 0 saturated carbocycles. The van der Waals surface area contributed by atoms with E-state index < -0.39 is 11.9 Å². The number of thiocarbonyl (C=S) groups is 1. The van der Waals surface area contributed by atoms with E-state index in [1.54, 1.807) is 18.2 Å². The fraction of sp³-hybridized carbons (Fsp3) is 0.263. The van der Waals surface area contributed by atoms with Crippen molar-refractivity contribution in [1.29, 1.82) is 0 Å². The number of amides is 1. The molecule has 10 heteroatoms. The number of cyclic esters (lactones) is 1. The number of para-hydroxylation sites is 1. The molecule has 0 bridgehead atoms. The van der Waals surface area contributed by atoms with Gasteiger partial charge in [-0.15, -0.1) is 5.10 Å². The fourth-order valence-electron chi connectivity index (χ4n) is 3.17. The van der Waals surface area contributed by atoms with E-state index in [0.717, 1.165) is 0 Å². The summed E-state index contributed by atoms with van der Waals surface area (Å²) in [5, 5.41) is 11.1. The van der Waals surface area contributed by atoms with E-state index in [1.165, 1.54) is 15.6 Å². The number of rotatable bonds is 6. The van der Waals surface area contributed by atoms with Crippen molar-refractivity contribution in [2.24, 2.45) is 5.73 Å². The Bertz CT molecular complexity index is 1070. The summed E-state index contributed by atoms with van der Waals surface area (Å²) in [6, 6.07) is 11.8. The molecule has 2 heterocycles. The van der Waals surface area contributed by atoms with Crippen LogP contribution in [0.25, 0.3) is 16.7 Å². The first kappa shape index (κ1) is 19.2. The lowest BCUT2D eigenvalue weighted by Crippen LogP contribution is -2.34. The van der Waals surface area contributed by atoms with Crippen LogP contribution in [0.4, 0.5) is 14.9 Å². The molecular weight excluding hydrogens is 395 g/mol. The van der Waals surface area contributed by atoms with Crippen molar-refractivity contribution in [2.45, 2.75) is 12.5 Å². The molecule has 0 radical (unpaired) electrons. The number of aromatic nitrogens is 3. The summed E-state index contributed by atoms with van der Waals surface area (Å²) in [4.78, 5) is 14.2. The maximum Gasteiger partial charge on any atom is 0.414 e. The van der Waals surface area contributed by atoms with Gasteiger partial charge in [0.25, 0.3) is 0 Å². The largest absolute Gasteiger partial charge is 0.442 e. The molecule has 1 aromatic heterocycles. The Labute approximate surface area is 171 Å². The Balaban J connectivity index is 1.51. The van der Waals surface area contributed by atoms with Gasteiger partial charge in [0.2, 0.25) is 0 Å². The first-order chi connectivity index (χ1) is 14.1. The summed E-state index contributed by atoms with van der Waals surface area (Å²) in [7, 11) is 0. The van der Waals surface area contributed by atoms with Crippen LogP contribution in [-0.2, 0) is 4.74 Å². The van der Waals surface area contributed by atoms with Gasteiger partial charge in [0.05, 0.1) is 29.3 Å². The maximum absolute atomic E-state index is 14.8. The van der Waals surface area contributed by atoms with Gasteiger partial charge in [0.1, 0.15) is 17.3 Å². The highest BCUT2D eigenvalue weighted by Gasteiger charge is 2.32. The van der Waals surface area contributed by atoms with Crippen LogP contribution in [0, 0.1) is 5.82 Å². The van der Waals surface area contributed by atoms with Gasteiger partial charge < -0.3 is 15.8 Å². The third-order valence-corrected chi connectivity index (χ3v) is 4.94. The number of nitrogens with one attached hydrogen (secondary N) is 1. The quantitative estimate of drug-likeness (QED) is 0.597. The summed E-state index contributed by atoms with van der Waals surface area (Å²) >= 11 is 5.14. The zero-order valence-electron chi connectivity index (χ0n) is 15.4. The number of benzene rings is 2. The summed E-state index contributed by atoms with van der Waals surface area (Å²) < 4.78 is 21.6. The molecule has 4 rings (SSSR count). The number of ether oxygens (including phenoxy) is 1. The fourth-order valence-corrected chi connectivity index (χ4v) is 3.37. The van der Waals surface area contributed by atoms with E-state index in [1.807, 2.05) is 18.2 Å². The Morgan fingerprint density at radius 2 is 2.17 bits per heavy atom. The average molecular weight is 414 g/mol. The van der Waals surface area contributed by atoms with Gasteiger partial charge in [-0.05, 0) is 36.9 Å². The number of carbonyl (C=O) groups excluding carboxylic acids is 1. The molecule has 1 atom stereocenters. The van der Waals surface area contributed by atoms with E-state index in [2.05, 4.69) is 15.6 Å². The molecule has 0 unspecified atom stereocenters. The summed E-state index contributed by atoms with van der Waals surface area (Å²) in [6.45, 7) is 1.13. The van der Waals surface area contributed by atoms with Crippen molar-refractivity contribution in [2.75, 3.05) is 24.5 Å². The van der Waals surface area contributed by atoms with Crippen LogP contribution in [0.2, 0.25) is 0 Å². The van der Waals surface area contributed by atoms with Gasteiger partial charge in [-0.2, -0.15) is 0 Å². The number of nitrogens with zero attached hydrogens (tertiary/aromatic N) is 4. The third-order valence-electron chi connectivity index (χ3n) is 4.60. The number of hydrogen-bond donors (Lipinski definition) is 2. The number of fused-ring (bicyclic) bond motifs is 1. The lowest BCUT2D eigenvalue weighted by molar-refractivity contribution is 0.143. The highest BCUT2D eigenvalue weighted by atomic mass is 32.1. The van der Waals surface area contributed by atoms with Gasteiger partial charge in [-0.3, -0.25) is 4.90 Å². The molecule has 0 spiro atoms. The molecule has 2 aromatic carbocycles. The average Bonchev–Trinajstić information content (AvgIpc) is 3.30. The Kier molecular flexibility index (Phi) is 5.36. The zero-order valence-corrected chi connectivity index (χ0v) is 16.2. The van der Waals surface area contributed by atoms with Crippen molar-refractivity contribution in [1.82, 2.24) is 20.3 Å². The number of carbonyl (C=O) groups is 1. The molecule has 1 amide bonds. The molecule has 150 valence electrons. The molecule has 8 nitrogen and oxygen atoms in total. The Morgan fingerprint density at radius 1 is 1.34 bits per heavy atom. The lowest BCUT2D eigenvalue weighted by atomic mass is 10.2. The van der Waals surface area contributed by atoms with Crippen molar-refractivity contribution < 1.29 is 13.9 Å². The van der Waals surface area contributed by atoms with Gasteiger partial charge in [0.15, 0.2) is 5.82 Å². The predicted molar refractivity (Wildman–Crippen MR) is 111 cm³/mol. The highest BCUT2D eigenvalue weighted by molar-refractivity contribution is 7.80. The molecule has 1 saturated heterocycles. The van der Waals surface area contributed by atoms with Gasteiger partial charge in [-0.1, -0.05) is 29.6 Å². The van der Waals surface area contributed by atoms with Crippen LogP contribution in [-0.4, -0.2) is 51.8 Å². The summed E-state index contributed by atoms with van der Waals surface area (Å²) in [5.41, 5.74) is 7.48. The molecule has 1 aliphatic heterocycles. The van der Waals surface area contributed by atoms with Crippen LogP contribution in [0.1, 0.15) is 6.42 Å². The van der Waals surface area contributed by atoms with Crippen LogP contribution in [0.15, 0.2) is 42.5 Å². The molecular formula is C19H19FN6O2S. The van der Waals surface area contributed by atoms with Crippen LogP contribution in [0.3, 0.4) is 0 Å². The number of nitrogens with two attached hydrogens (primary N) is 1. The van der Waals surface area contributed by atoms with Gasteiger partial charge >= 0.3 is 6.09 Å². The topological polar surface area (TPSA) is 98.3 Å². The number of anilines is 1. The molecule has 29 heavy (non-hydrogen) atoms. The summed E-state index contributed by atoms with van der Waals surface area (Å²) in [5.74, 6) is -0.517. The van der Waals surface area contributed by atoms with Crippen LogP contribution < -0.4 is 16.0 Å². The minimum Gasteiger partial charge on any atom is -0.442 e.